The van der Waals surface area contributed by atoms with Gasteiger partial charge in [-0.25, -0.2) is 0 Å². The van der Waals surface area contributed by atoms with Crippen LogP contribution in [-0.2, 0) is 4.57 Å². The van der Waals surface area contributed by atoms with E-state index in [-0.39, 0.29) is 0 Å². The Morgan fingerprint density at radius 1 is 1.14 bits per heavy atom. The van der Waals surface area contributed by atoms with Crippen molar-refractivity contribution in [3.8, 4) is 0 Å². The van der Waals surface area contributed by atoms with Crippen LogP contribution in [-0.4, -0.2) is 42.8 Å². The zero-order valence-electron chi connectivity index (χ0n) is 9.36. The molecular weight excluding hydrogens is 253 g/mol. The van der Waals surface area contributed by atoms with E-state index in [0.717, 1.165) is 25.4 Å². The van der Waals surface area contributed by atoms with Gasteiger partial charge in [-0.05, 0) is 25.6 Å². The molecule has 0 aromatic rings. The smallest absolute Gasteiger partial charge is 0.243 e. The molecule has 0 N–H and O–H groups in total. The Morgan fingerprint density at radius 2 is 1.64 bits per heavy atom. The van der Waals surface area contributed by atoms with Gasteiger partial charge in [0.25, 0.3) is 0 Å². The summed E-state index contributed by atoms with van der Waals surface area (Å²) in [5, 5.41) is 0. The average Bonchev–Trinajstić information content (AvgIpc) is 2.24. The average molecular weight is 273 g/mol. The fraction of sp³-hybridized carbons (Fsp3) is 1.00. The van der Waals surface area contributed by atoms with Crippen molar-refractivity contribution in [2.75, 3.05) is 37.9 Å². The monoisotopic (exact) mass is 273 g/mol. The van der Waals surface area contributed by atoms with E-state index >= 15 is 0 Å². The highest BCUT2D eigenvalue weighted by atomic mass is 33.4. The van der Waals surface area contributed by atoms with Crippen LogP contribution < -0.4 is 0 Å². The first-order valence-corrected chi connectivity index (χ1v) is 11.7. The van der Waals surface area contributed by atoms with Crippen molar-refractivity contribution in [2.24, 2.45) is 0 Å². The SMILES string of the molecule is CCN(CC)CCSP(=O)(SC)SC. The minimum atomic E-state index is -2.03. The maximum absolute atomic E-state index is 12.0. The van der Waals surface area contributed by atoms with Gasteiger partial charge >= 0.3 is 0 Å². The summed E-state index contributed by atoms with van der Waals surface area (Å²) in [7, 11) is 0. The zero-order chi connectivity index (χ0) is 11.0. The second kappa shape index (κ2) is 8.40. The predicted molar refractivity (Wildman–Crippen MR) is 74.9 cm³/mol. The summed E-state index contributed by atoms with van der Waals surface area (Å²) >= 11 is 4.63. The van der Waals surface area contributed by atoms with Crippen LogP contribution in [0, 0.1) is 0 Å². The normalized spacial score (nSPS) is 12.4. The van der Waals surface area contributed by atoms with E-state index in [2.05, 4.69) is 18.7 Å². The molecule has 0 atom stereocenters. The number of hydrogen-bond donors (Lipinski definition) is 0. The van der Waals surface area contributed by atoms with Gasteiger partial charge in [-0.15, -0.1) is 0 Å². The third-order valence-electron chi connectivity index (χ3n) is 2.00. The second-order valence-corrected chi connectivity index (χ2v) is 14.6. The summed E-state index contributed by atoms with van der Waals surface area (Å²) in [4.78, 5) is 2.36. The molecule has 0 radical (unpaired) electrons. The molecule has 0 aliphatic carbocycles. The Morgan fingerprint density at radius 3 is 2.00 bits per heavy atom. The predicted octanol–water partition coefficient (Wildman–Crippen LogP) is 3.90. The van der Waals surface area contributed by atoms with Crippen molar-refractivity contribution in [2.45, 2.75) is 13.8 Å². The Hall–Kier alpha value is 1.24. The van der Waals surface area contributed by atoms with Crippen molar-refractivity contribution in [1.82, 2.24) is 4.90 Å². The van der Waals surface area contributed by atoms with Gasteiger partial charge in [-0.1, -0.05) is 48.0 Å². The maximum Gasteiger partial charge on any atom is 0.243 e. The molecule has 0 aliphatic rings. The minimum Gasteiger partial charge on any atom is -0.303 e. The second-order valence-electron chi connectivity index (χ2n) is 2.67. The molecule has 0 spiro atoms. The molecule has 0 rings (SSSR count). The molecule has 0 aromatic carbocycles. The van der Waals surface area contributed by atoms with Crippen LogP contribution in [0.15, 0.2) is 0 Å². The molecule has 0 heterocycles. The van der Waals surface area contributed by atoms with Gasteiger partial charge in [-0.2, -0.15) is 0 Å². The van der Waals surface area contributed by atoms with Crippen LogP contribution >= 0.6 is 38.9 Å². The fourth-order valence-corrected chi connectivity index (χ4v) is 8.50. The molecule has 0 fully saturated rings. The van der Waals surface area contributed by atoms with Crippen LogP contribution in [0.4, 0.5) is 0 Å². The van der Waals surface area contributed by atoms with Gasteiger partial charge in [0.05, 0.1) is 0 Å². The zero-order valence-corrected chi connectivity index (χ0v) is 12.7. The first kappa shape index (κ1) is 15.2. The van der Waals surface area contributed by atoms with Crippen LogP contribution in [0.5, 0.6) is 0 Å². The highest BCUT2D eigenvalue weighted by Gasteiger charge is 2.19. The van der Waals surface area contributed by atoms with Crippen molar-refractivity contribution >= 4 is 38.9 Å². The summed E-state index contributed by atoms with van der Waals surface area (Å²) in [5.74, 6) is 0.973. The third kappa shape index (κ3) is 5.96. The molecule has 0 unspecified atom stereocenters. The lowest BCUT2D eigenvalue weighted by Crippen LogP contribution is -2.25. The Bertz CT molecular complexity index is 179. The van der Waals surface area contributed by atoms with Gasteiger partial charge < -0.3 is 4.90 Å². The molecule has 0 aliphatic heterocycles. The van der Waals surface area contributed by atoms with Crippen molar-refractivity contribution in [3.63, 3.8) is 0 Å². The van der Waals surface area contributed by atoms with E-state index in [4.69, 9.17) is 0 Å². The third-order valence-corrected chi connectivity index (χ3v) is 15.0. The van der Waals surface area contributed by atoms with E-state index in [9.17, 15) is 4.57 Å². The van der Waals surface area contributed by atoms with Gasteiger partial charge in [0.2, 0.25) is 4.75 Å². The Kier molecular flexibility index (Phi) is 9.14. The highest BCUT2D eigenvalue weighted by molar-refractivity contribution is 9.14. The topological polar surface area (TPSA) is 20.3 Å². The molecule has 86 valence electrons. The quantitative estimate of drug-likeness (QED) is 0.623. The van der Waals surface area contributed by atoms with E-state index < -0.39 is 4.75 Å². The van der Waals surface area contributed by atoms with E-state index in [1.54, 1.807) is 11.4 Å². The van der Waals surface area contributed by atoms with Gasteiger partial charge in [0, 0.05) is 12.3 Å². The highest BCUT2D eigenvalue weighted by Crippen LogP contribution is 2.76. The number of rotatable bonds is 8. The molecule has 0 amide bonds. The van der Waals surface area contributed by atoms with E-state index in [0.29, 0.717) is 0 Å². The molecule has 6 heteroatoms. The largest absolute Gasteiger partial charge is 0.303 e. The van der Waals surface area contributed by atoms with Crippen molar-refractivity contribution in [3.05, 3.63) is 0 Å². The lowest BCUT2D eigenvalue weighted by molar-refractivity contribution is 0.324. The Balaban J connectivity index is 3.76. The minimum absolute atomic E-state index is 0.973. The number of nitrogens with zero attached hydrogens (tertiary/aromatic N) is 1. The maximum atomic E-state index is 12.0. The molecule has 0 aromatic heterocycles. The van der Waals surface area contributed by atoms with Gasteiger partial charge in [0.1, 0.15) is 0 Å². The Labute approximate surface area is 100.0 Å². The van der Waals surface area contributed by atoms with Gasteiger partial charge in [-0.3, -0.25) is 4.57 Å². The van der Waals surface area contributed by atoms with E-state index in [1.165, 1.54) is 22.8 Å². The van der Waals surface area contributed by atoms with Gasteiger partial charge in [0.15, 0.2) is 0 Å². The fourth-order valence-electron chi connectivity index (χ4n) is 1.00. The standard InChI is InChI=1S/C8H20NOPS3/c1-5-9(6-2)7-8-14-11(10,12-3)13-4/h5-8H2,1-4H3. The van der Waals surface area contributed by atoms with Crippen LogP contribution in [0.25, 0.3) is 0 Å². The molecule has 0 bridgehead atoms. The molecular formula is C8H20NOPS3. The van der Waals surface area contributed by atoms with Crippen LogP contribution in [0.2, 0.25) is 0 Å². The first-order valence-electron chi connectivity index (χ1n) is 4.70. The molecule has 0 saturated heterocycles. The molecule has 2 nitrogen and oxygen atoms in total. The van der Waals surface area contributed by atoms with Crippen molar-refractivity contribution in [1.29, 1.82) is 0 Å². The van der Waals surface area contributed by atoms with E-state index in [1.807, 2.05) is 12.5 Å². The van der Waals surface area contributed by atoms with Crippen LogP contribution in [0.3, 0.4) is 0 Å². The first-order chi connectivity index (χ1) is 6.61. The summed E-state index contributed by atoms with van der Waals surface area (Å²) < 4.78 is 9.94. The summed E-state index contributed by atoms with van der Waals surface area (Å²) in [6.45, 7) is 7.54. The van der Waals surface area contributed by atoms with Crippen LogP contribution in [0.1, 0.15) is 13.8 Å². The van der Waals surface area contributed by atoms with Crippen molar-refractivity contribution < 1.29 is 4.57 Å². The number of hydrogen-bond acceptors (Lipinski definition) is 5. The summed E-state index contributed by atoms with van der Waals surface area (Å²) in [6, 6.07) is 0. The summed E-state index contributed by atoms with van der Waals surface area (Å²) in [5.41, 5.74) is 0. The molecule has 14 heavy (non-hydrogen) atoms. The molecule has 0 saturated carbocycles. The summed E-state index contributed by atoms with van der Waals surface area (Å²) in [6.07, 6.45) is 3.86. The lowest BCUT2D eigenvalue weighted by Gasteiger charge is -2.18. The lowest BCUT2D eigenvalue weighted by atomic mass is 10.5.